The third-order valence-corrected chi connectivity index (χ3v) is 6.88. The highest BCUT2D eigenvalue weighted by Gasteiger charge is 2.24. The number of hydrogen-bond acceptors (Lipinski definition) is 4. The maximum absolute atomic E-state index is 11.8. The third kappa shape index (κ3) is 2.81. The average molecular weight is 395 g/mol. The number of sulfone groups is 1. The van der Waals surface area contributed by atoms with Crippen LogP contribution in [0.5, 0.6) is 0 Å². The van der Waals surface area contributed by atoms with E-state index in [0.29, 0.717) is 10.8 Å². The molecule has 1 aliphatic rings. The third-order valence-electron chi connectivity index (χ3n) is 5.75. The van der Waals surface area contributed by atoms with Crippen molar-refractivity contribution in [1.29, 1.82) is 0 Å². The van der Waals surface area contributed by atoms with E-state index in [1.807, 2.05) is 30.7 Å². The van der Waals surface area contributed by atoms with Gasteiger partial charge < -0.3 is 4.98 Å². The van der Waals surface area contributed by atoms with Crippen LogP contribution in [-0.4, -0.2) is 34.0 Å². The lowest BCUT2D eigenvalue weighted by Crippen LogP contribution is -2.09. The van der Waals surface area contributed by atoms with Crippen molar-refractivity contribution in [1.82, 2.24) is 19.4 Å². The Balaban J connectivity index is 1.73. The number of nitrogens with zero attached hydrogens (tertiary/aromatic N) is 3. The molecule has 144 valence electrons. The number of nitrogens with one attached hydrogen (secondary N) is 1. The highest BCUT2D eigenvalue weighted by atomic mass is 32.2. The first-order valence-electron chi connectivity index (χ1n) is 9.67. The number of hydrogen-bond donors (Lipinski definition) is 1. The van der Waals surface area contributed by atoms with Crippen molar-refractivity contribution < 1.29 is 8.42 Å². The van der Waals surface area contributed by atoms with Crippen molar-refractivity contribution in [2.24, 2.45) is 0 Å². The van der Waals surface area contributed by atoms with Gasteiger partial charge in [0, 0.05) is 23.9 Å². The second-order valence-electron chi connectivity index (χ2n) is 7.65. The van der Waals surface area contributed by atoms with Crippen LogP contribution in [0.25, 0.3) is 27.9 Å². The molecule has 0 aliphatic heterocycles. The van der Waals surface area contributed by atoms with Crippen LogP contribution in [0, 0.1) is 0 Å². The molecule has 4 aromatic rings. The van der Waals surface area contributed by atoms with Gasteiger partial charge in [-0.2, -0.15) is 0 Å². The maximum Gasteiger partial charge on any atom is 0.175 e. The molecule has 6 nitrogen and oxygen atoms in total. The predicted octanol–water partition coefficient (Wildman–Crippen LogP) is 4.33. The van der Waals surface area contributed by atoms with Gasteiger partial charge in [0.2, 0.25) is 0 Å². The summed E-state index contributed by atoms with van der Waals surface area (Å²) in [6.07, 6.45) is 11.0. The van der Waals surface area contributed by atoms with E-state index in [1.54, 1.807) is 12.1 Å². The Bertz CT molecular complexity index is 1260. The van der Waals surface area contributed by atoms with Gasteiger partial charge >= 0.3 is 0 Å². The molecule has 7 heteroatoms. The van der Waals surface area contributed by atoms with Gasteiger partial charge in [0.05, 0.1) is 27.3 Å². The van der Waals surface area contributed by atoms with E-state index in [0.717, 1.165) is 46.5 Å². The van der Waals surface area contributed by atoms with Crippen LogP contribution in [0.3, 0.4) is 0 Å². The number of rotatable bonds is 3. The maximum atomic E-state index is 11.8. The van der Waals surface area contributed by atoms with Crippen LogP contribution >= 0.6 is 0 Å². The molecule has 5 rings (SSSR count). The first kappa shape index (κ1) is 17.4. The second kappa shape index (κ2) is 6.44. The quantitative estimate of drug-likeness (QED) is 0.561. The Hall–Kier alpha value is -2.67. The Kier molecular flexibility index (Phi) is 4.01. The first-order valence-corrected chi connectivity index (χ1v) is 11.6. The molecule has 0 atom stereocenters. The molecule has 1 N–H and O–H groups in total. The summed E-state index contributed by atoms with van der Waals surface area (Å²) in [6.45, 7) is 0. The number of imidazole rings is 1. The average Bonchev–Trinajstić information content (AvgIpc) is 3.34. The highest BCUT2D eigenvalue weighted by Crippen LogP contribution is 2.38. The van der Waals surface area contributed by atoms with Gasteiger partial charge in [0.1, 0.15) is 6.33 Å². The van der Waals surface area contributed by atoms with Crippen molar-refractivity contribution in [3.8, 4) is 11.3 Å². The fourth-order valence-corrected chi connectivity index (χ4v) is 4.95. The molecule has 3 heterocycles. The summed E-state index contributed by atoms with van der Waals surface area (Å²) in [5.74, 6) is 0.426. The lowest BCUT2D eigenvalue weighted by atomic mass is 9.86. The molecule has 0 unspecified atom stereocenters. The molecule has 0 radical (unpaired) electrons. The summed E-state index contributed by atoms with van der Waals surface area (Å²) in [5.41, 5.74) is 5.77. The Morgan fingerprint density at radius 1 is 1.07 bits per heavy atom. The minimum atomic E-state index is -3.22. The SMILES string of the molecule is CS(=O)(=O)c1ccc(-c2ncn3c2c(C2CCCCC2)nc2[nH]ccc23)cc1. The fourth-order valence-electron chi connectivity index (χ4n) is 4.32. The summed E-state index contributed by atoms with van der Waals surface area (Å²) >= 11 is 0. The monoisotopic (exact) mass is 394 g/mol. The van der Waals surface area contributed by atoms with Crippen LogP contribution in [-0.2, 0) is 9.84 Å². The van der Waals surface area contributed by atoms with Crippen LogP contribution in [0.2, 0.25) is 0 Å². The van der Waals surface area contributed by atoms with Crippen molar-refractivity contribution >= 4 is 26.5 Å². The van der Waals surface area contributed by atoms with Crippen molar-refractivity contribution in [3.63, 3.8) is 0 Å². The number of fused-ring (bicyclic) bond motifs is 3. The van der Waals surface area contributed by atoms with E-state index in [4.69, 9.17) is 9.97 Å². The normalized spacial score (nSPS) is 16.2. The molecule has 3 aromatic heterocycles. The minimum absolute atomic E-state index is 0.318. The molecule has 1 aliphatic carbocycles. The second-order valence-corrected chi connectivity index (χ2v) is 9.67. The van der Waals surface area contributed by atoms with Gasteiger partial charge in [0.25, 0.3) is 0 Å². The summed E-state index contributed by atoms with van der Waals surface area (Å²) in [7, 11) is -3.22. The van der Waals surface area contributed by atoms with Crippen LogP contribution in [0.1, 0.15) is 43.7 Å². The lowest BCUT2D eigenvalue weighted by molar-refractivity contribution is 0.439. The molecule has 1 aromatic carbocycles. The van der Waals surface area contributed by atoms with E-state index < -0.39 is 9.84 Å². The topological polar surface area (TPSA) is 80.1 Å². The molecule has 28 heavy (non-hydrogen) atoms. The number of benzene rings is 1. The van der Waals surface area contributed by atoms with E-state index in [1.165, 1.54) is 25.5 Å². The molecular formula is C21H22N4O2S. The lowest BCUT2D eigenvalue weighted by Gasteiger charge is -2.22. The fraction of sp³-hybridized carbons (Fsp3) is 0.333. The largest absolute Gasteiger partial charge is 0.345 e. The summed E-state index contributed by atoms with van der Waals surface area (Å²) in [5, 5.41) is 0. The van der Waals surface area contributed by atoms with E-state index in [9.17, 15) is 8.42 Å². The van der Waals surface area contributed by atoms with Crippen LogP contribution in [0.15, 0.2) is 47.8 Å². The standard InChI is InChI=1S/C21H22N4O2S/c1-28(26,27)16-9-7-15(8-10-16)18-20-19(14-5-3-2-4-6-14)24-21-17(11-12-22-21)25(20)13-23-18/h7-14,22H,2-6H2,1H3. The van der Waals surface area contributed by atoms with Gasteiger partial charge in [-0.15, -0.1) is 0 Å². The zero-order valence-electron chi connectivity index (χ0n) is 15.7. The van der Waals surface area contributed by atoms with Gasteiger partial charge in [-0.05, 0) is 31.0 Å². The molecule has 1 fully saturated rings. The Labute approximate surface area is 163 Å². The van der Waals surface area contributed by atoms with Crippen molar-refractivity contribution in [3.05, 3.63) is 48.5 Å². The molecule has 0 spiro atoms. The Morgan fingerprint density at radius 2 is 1.82 bits per heavy atom. The summed E-state index contributed by atoms with van der Waals surface area (Å²) in [4.78, 5) is 13.2. The van der Waals surface area contributed by atoms with Gasteiger partial charge in [-0.25, -0.2) is 18.4 Å². The van der Waals surface area contributed by atoms with E-state index >= 15 is 0 Å². The van der Waals surface area contributed by atoms with Gasteiger partial charge in [-0.1, -0.05) is 31.4 Å². The van der Waals surface area contributed by atoms with Gasteiger partial charge in [0.15, 0.2) is 15.5 Å². The molecule has 0 amide bonds. The molecule has 1 saturated carbocycles. The van der Waals surface area contributed by atoms with Crippen LogP contribution in [0.4, 0.5) is 0 Å². The molecular weight excluding hydrogens is 372 g/mol. The summed E-state index contributed by atoms with van der Waals surface area (Å²) in [6, 6.07) is 8.99. The van der Waals surface area contributed by atoms with Crippen LogP contribution < -0.4 is 0 Å². The summed E-state index contributed by atoms with van der Waals surface area (Å²) < 4.78 is 25.7. The van der Waals surface area contributed by atoms with E-state index in [2.05, 4.69) is 9.38 Å². The van der Waals surface area contributed by atoms with Crippen molar-refractivity contribution in [2.75, 3.05) is 6.26 Å². The number of H-pyrrole nitrogens is 1. The number of aromatic amines is 1. The number of aromatic nitrogens is 4. The molecule has 0 saturated heterocycles. The van der Waals surface area contributed by atoms with Crippen molar-refractivity contribution in [2.45, 2.75) is 42.9 Å². The minimum Gasteiger partial charge on any atom is -0.345 e. The van der Waals surface area contributed by atoms with E-state index in [-0.39, 0.29) is 0 Å². The predicted molar refractivity (Wildman–Crippen MR) is 109 cm³/mol. The Morgan fingerprint density at radius 3 is 2.54 bits per heavy atom. The zero-order valence-corrected chi connectivity index (χ0v) is 16.5. The smallest absolute Gasteiger partial charge is 0.175 e. The first-order chi connectivity index (χ1) is 13.5. The van der Waals surface area contributed by atoms with Gasteiger partial charge in [-0.3, -0.25) is 4.40 Å². The zero-order chi connectivity index (χ0) is 19.3. The molecule has 0 bridgehead atoms. The highest BCUT2D eigenvalue weighted by molar-refractivity contribution is 7.90.